The maximum absolute atomic E-state index is 7.40. The maximum atomic E-state index is 7.40. The third-order valence-electron chi connectivity index (χ3n) is 3.70. The van der Waals surface area contributed by atoms with E-state index in [0.717, 1.165) is 41.5 Å². The smallest absolute Gasteiger partial charge is 0.128 e. The highest BCUT2D eigenvalue weighted by Gasteiger charge is 2.07. The van der Waals surface area contributed by atoms with Crippen LogP contribution in [0.1, 0.15) is 11.1 Å². The molecule has 2 aromatic carbocycles. The molecule has 25 heavy (non-hydrogen) atoms. The van der Waals surface area contributed by atoms with Gasteiger partial charge in [-0.2, -0.15) is 0 Å². The van der Waals surface area contributed by atoms with Gasteiger partial charge >= 0.3 is 0 Å². The lowest BCUT2D eigenvalue weighted by molar-refractivity contribution is 0.414. The Hall–Kier alpha value is -2.50. The van der Waals surface area contributed by atoms with Crippen LogP contribution < -0.4 is 21.1 Å². The zero-order valence-corrected chi connectivity index (χ0v) is 14.9. The third kappa shape index (κ3) is 5.52. The van der Waals surface area contributed by atoms with Crippen LogP contribution in [-0.4, -0.2) is 26.4 Å². The van der Waals surface area contributed by atoms with Gasteiger partial charge in [-0.3, -0.25) is 0 Å². The lowest BCUT2D eigenvalue weighted by Gasteiger charge is -2.13. The number of allylic oxidation sites excluding steroid dienone is 1. The molecule has 2 rings (SSSR count). The number of halogens is 1. The van der Waals surface area contributed by atoms with Crippen LogP contribution in [0, 0.1) is 5.41 Å². The third-order valence-corrected chi connectivity index (χ3v) is 3.93. The Morgan fingerprint density at radius 2 is 2.08 bits per heavy atom. The second-order valence-electron chi connectivity index (χ2n) is 5.41. The highest BCUT2D eigenvalue weighted by Crippen LogP contribution is 2.27. The molecule has 2 aromatic rings. The van der Waals surface area contributed by atoms with Gasteiger partial charge in [0.2, 0.25) is 0 Å². The first-order valence-electron chi connectivity index (χ1n) is 7.97. The molecule has 0 aromatic heterocycles. The number of rotatable bonds is 9. The summed E-state index contributed by atoms with van der Waals surface area (Å²) in [6, 6.07) is 13.6. The monoisotopic (exact) mass is 358 g/mol. The summed E-state index contributed by atoms with van der Waals surface area (Å²) in [6.45, 7) is 2.35. The van der Waals surface area contributed by atoms with Gasteiger partial charge in [-0.15, -0.1) is 0 Å². The van der Waals surface area contributed by atoms with Gasteiger partial charge in [0.25, 0.3) is 0 Å². The van der Waals surface area contributed by atoms with Crippen LogP contribution >= 0.6 is 11.6 Å². The fourth-order valence-corrected chi connectivity index (χ4v) is 2.64. The van der Waals surface area contributed by atoms with Crippen LogP contribution in [-0.2, 0) is 6.54 Å². The number of nitrogens with one attached hydrogen (secondary N) is 3. The molecular formula is C19H23ClN4O. The summed E-state index contributed by atoms with van der Waals surface area (Å²) >= 11 is 5.97. The van der Waals surface area contributed by atoms with E-state index in [0.29, 0.717) is 11.3 Å². The molecule has 0 saturated carbocycles. The van der Waals surface area contributed by atoms with Crippen molar-refractivity contribution in [3.8, 4) is 5.75 Å². The maximum Gasteiger partial charge on any atom is 0.128 e. The SMILES string of the molecule is COc1cc(NCCNCc2cccc(Cl)c2)ccc1/C(C=N)=C/N. The standard InChI is InChI=1S/C19H23ClN4O/c1-25-19-10-17(5-6-18(19)15(11-21)12-22)24-8-7-23-13-14-3-2-4-16(20)9-14/h2-6,9-12,21,23-24H,7-8,13,22H2,1H3/b15-12+,21-11?. The topological polar surface area (TPSA) is 83.2 Å². The highest BCUT2D eigenvalue weighted by molar-refractivity contribution is 6.30. The van der Waals surface area contributed by atoms with Gasteiger partial charge in [-0.05, 0) is 29.8 Å². The summed E-state index contributed by atoms with van der Waals surface area (Å²) in [7, 11) is 1.60. The molecule has 0 saturated heterocycles. The number of anilines is 1. The molecule has 0 unspecified atom stereocenters. The Morgan fingerprint density at radius 3 is 2.76 bits per heavy atom. The molecule has 0 amide bonds. The van der Waals surface area contributed by atoms with Crippen molar-refractivity contribution in [2.75, 3.05) is 25.5 Å². The van der Waals surface area contributed by atoms with E-state index >= 15 is 0 Å². The first-order valence-corrected chi connectivity index (χ1v) is 8.35. The van der Waals surface area contributed by atoms with Crippen LogP contribution in [0.25, 0.3) is 5.57 Å². The molecular weight excluding hydrogens is 336 g/mol. The number of hydrogen-bond acceptors (Lipinski definition) is 5. The molecule has 0 bridgehead atoms. The van der Waals surface area contributed by atoms with Crippen molar-refractivity contribution < 1.29 is 4.74 Å². The average Bonchev–Trinajstić information content (AvgIpc) is 2.63. The van der Waals surface area contributed by atoms with Crippen molar-refractivity contribution in [3.05, 3.63) is 64.8 Å². The van der Waals surface area contributed by atoms with Gasteiger partial charge in [-0.1, -0.05) is 23.7 Å². The molecule has 0 aliphatic heterocycles. The Labute approximate surface area is 153 Å². The van der Waals surface area contributed by atoms with Crippen molar-refractivity contribution in [2.45, 2.75) is 6.54 Å². The van der Waals surface area contributed by atoms with Gasteiger partial charge < -0.3 is 26.5 Å². The molecule has 0 radical (unpaired) electrons. The zero-order chi connectivity index (χ0) is 18.1. The predicted molar refractivity (Wildman–Crippen MR) is 106 cm³/mol. The summed E-state index contributed by atoms with van der Waals surface area (Å²) in [5.74, 6) is 0.678. The van der Waals surface area contributed by atoms with Gasteiger partial charge in [-0.25, -0.2) is 0 Å². The van der Waals surface area contributed by atoms with Crippen molar-refractivity contribution in [1.82, 2.24) is 5.32 Å². The van der Waals surface area contributed by atoms with E-state index in [1.807, 2.05) is 42.5 Å². The van der Waals surface area contributed by atoms with Crippen LogP contribution in [0.5, 0.6) is 5.75 Å². The molecule has 6 heteroatoms. The summed E-state index contributed by atoms with van der Waals surface area (Å²) < 4.78 is 5.40. The molecule has 5 N–H and O–H groups in total. The quantitative estimate of drug-likeness (QED) is 0.408. The second-order valence-corrected chi connectivity index (χ2v) is 5.85. The van der Waals surface area contributed by atoms with Crippen LogP contribution in [0.3, 0.4) is 0 Å². The minimum absolute atomic E-state index is 0.617. The van der Waals surface area contributed by atoms with E-state index in [2.05, 4.69) is 10.6 Å². The molecule has 0 aliphatic carbocycles. The normalized spacial score (nSPS) is 11.2. The highest BCUT2D eigenvalue weighted by atomic mass is 35.5. The summed E-state index contributed by atoms with van der Waals surface area (Å²) in [6.07, 6.45) is 2.61. The molecule has 0 atom stereocenters. The molecule has 132 valence electrons. The molecule has 0 aliphatic rings. The summed E-state index contributed by atoms with van der Waals surface area (Å²) in [5, 5.41) is 14.9. The van der Waals surface area contributed by atoms with Gasteiger partial charge in [0.15, 0.2) is 0 Å². The minimum atomic E-state index is 0.617. The largest absolute Gasteiger partial charge is 0.496 e. The summed E-state index contributed by atoms with van der Waals surface area (Å²) in [5.41, 5.74) is 9.07. The van der Waals surface area contributed by atoms with Gasteiger partial charge in [0, 0.05) is 60.0 Å². The first kappa shape index (κ1) is 18.8. The Balaban J connectivity index is 1.85. The van der Waals surface area contributed by atoms with Crippen LogP contribution in [0.15, 0.2) is 48.7 Å². The molecule has 0 fully saturated rings. The van der Waals surface area contributed by atoms with Crippen molar-refractivity contribution >= 4 is 29.1 Å². The first-order chi connectivity index (χ1) is 12.2. The summed E-state index contributed by atoms with van der Waals surface area (Å²) in [4.78, 5) is 0. The Kier molecular flexibility index (Phi) is 7.32. The van der Waals surface area contributed by atoms with E-state index in [1.165, 1.54) is 12.4 Å². The number of nitrogens with two attached hydrogens (primary N) is 1. The van der Waals surface area contributed by atoms with E-state index < -0.39 is 0 Å². The number of hydrogen-bond donors (Lipinski definition) is 4. The van der Waals surface area contributed by atoms with Crippen molar-refractivity contribution in [1.29, 1.82) is 5.41 Å². The van der Waals surface area contributed by atoms with Crippen molar-refractivity contribution in [2.24, 2.45) is 5.73 Å². The average molecular weight is 359 g/mol. The van der Waals surface area contributed by atoms with Crippen LogP contribution in [0.4, 0.5) is 5.69 Å². The number of ether oxygens (including phenoxy) is 1. The van der Waals surface area contributed by atoms with E-state index in [9.17, 15) is 0 Å². The fraction of sp³-hybridized carbons (Fsp3) is 0.211. The lowest BCUT2D eigenvalue weighted by atomic mass is 10.1. The Bertz CT molecular complexity index is 746. The lowest BCUT2D eigenvalue weighted by Crippen LogP contribution is -2.21. The molecule has 0 heterocycles. The van der Waals surface area contributed by atoms with Gasteiger partial charge in [0.05, 0.1) is 7.11 Å². The molecule has 0 spiro atoms. The van der Waals surface area contributed by atoms with E-state index in [-0.39, 0.29) is 0 Å². The number of methoxy groups -OCH3 is 1. The number of benzene rings is 2. The minimum Gasteiger partial charge on any atom is -0.496 e. The van der Waals surface area contributed by atoms with Crippen LogP contribution in [0.2, 0.25) is 5.02 Å². The predicted octanol–water partition coefficient (Wildman–Crippen LogP) is 3.50. The second kappa shape index (κ2) is 9.71. The Morgan fingerprint density at radius 1 is 1.24 bits per heavy atom. The zero-order valence-electron chi connectivity index (χ0n) is 14.2. The van der Waals surface area contributed by atoms with E-state index in [1.54, 1.807) is 7.11 Å². The fourth-order valence-electron chi connectivity index (χ4n) is 2.43. The molecule has 5 nitrogen and oxygen atoms in total. The van der Waals surface area contributed by atoms with E-state index in [4.69, 9.17) is 27.5 Å². The van der Waals surface area contributed by atoms with Crippen molar-refractivity contribution in [3.63, 3.8) is 0 Å². The van der Waals surface area contributed by atoms with Gasteiger partial charge in [0.1, 0.15) is 5.75 Å².